The molecule has 0 amide bonds. The molecule has 1 N–H and O–H groups in total. The van der Waals surface area contributed by atoms with Crippen LogP contribution in [-0.2, 0) is 23.1 Å². The molecule has 0 saturated heterocycles. The Labute approximate surface area is 129 Å². The van der Waals surface area contributed by atoms with Crippen LogP contribution in [-0.4, -0.2) is 23.4 Å². The molecule has 0 unspecified atom stereocenters. The molecule has 1 heterocycles. The maximum absolute atomic E-state index is 12.4. The molecular weight excluding hydrogens is 302 g/mol. The van der Waals surface area contributed by atoms with Crippen LogP contribution >= 0.6 is 0 Å². The van der Waals surface area contributed by atoms with E-state index in [9.17, 15) is 8.42 Å². The second-order valence-electron chi connectivity index (χ2n) is 4.89. The van der Waals surface area contributed by atoms with Crippen LogP contribution in [0.3, 0.4) is 0 Å². The van der Waals surface area contributed by atoms with E-state index in [1.165, 1.54) is 6.07 Å². The van der Waals surface area contributed by atoms with Crippen LogP contribution in [0.2, 0.25) is 0 Å². The zero-order valence-electron chi connectivity index (χ0n) is 12.4. The van der Waals surface area contributed by atoms with E-state index in [0.29, 0.717) is 16.8 Å². The highest BCUT2D eigenvalue weighted by Gasteiger charge is 2.17. The molecule has 0 aliphatic heterocycles. The Hall–Kier alpha value is -2.24. The molecule has 2 rings (SSSR count). The number of rotatable bonds is 6. The van der Waals surface area contributed by atoms with Crippen molar-refractivity contribution in [3.8, 4) is 6.07 Å². The summed E-state index contributed by atoms with van der Waals surface area (Å²) in [6, 6.07) is 6.51. The molecule has 0 fully saturated rings. The summed E-state index contributed by atoms with van der Waals surface area (Å²) in [7, 11) is -3.70. The summed E-state index contributed by atoms with van der Waals surface area (Å²) in [6.07, 6.45) is 2.64. The molecular formula is C14H17N5O2S. The second-order valence-corrected chi connectivity index (χ2v) is 6.62. The van der Waals surface area contributed by atoms with Crippen LogP contribution in [0.25, 0.3) is 0 Å². The SMILES string of the molecule is CCCn1cc(CNS(=O)(=O)c2cc(C#N)ccc2C)nn1. The van der Waals surface area contributed by atoms with Crippen molar-refractivity contribution in [3.05, 3.63) is 41.2 Å². The summed E-state index contributed by atoms with van der Waals surface area (Å²) >= 11 is 0. The summed E-state index contributed by atoms with van der Waals surface area (Å²) in [5.41, 5.74) is 1.44. The van der Waals surface area contributed by atoms with Crippen molar-refractivity contribution in [2.45, 2.75) is 38.3 Å². The fraction of sp³-hybridized carbons (Fsp3) is 0.357. The summed E-state index contributed by atoms with van der Waals surface area (Å²) in [5.74, 6) is 0. The van der Waals surface area contributed by atoms with Gasteiger partial charge in [0.25, 0.3) is 0 Å². The first kappa shape index (κ1) is 16.1. The third kappa shape index (κ3) is 3.69. The molecule has 0 atom stereocenters. The predicted molar refractivity (Wildman–Crippen MR) is 80.2 cm³/mol. The summed E-state index contributed by atoms with van der Waals surface area (Å²) in [5, 5.41) is 16.7. The molecule has 0 saturated carbocycles. The minimum atomic E-state index is -3.70. The lowest BCUT2D eigenvalue weighted by atomic mass is 10.2. The molecule has 0 radical (unpaired) electrons. The number of aryl methyl sites for hydroxylation is 2. The van der Waals surface area contributed by atoms with Gasteiger partial charge >= 0.3 is 0 Å². The van der Waals surface area contributed by atoms with Gasteiger partial charge in [0.2, 0.25) is 10.0 Å². The summed E-state index contributed by atoms with van der Waals surface area (Å²) < 4.78 is 28.9. The fourth-order valence-corrected chi connectivity index (χ4v) is 3.23. The van der Waals surface area contributed by atoms with Gasteiger partial charge in [-0.25, -0.2) is 13.1 Å². The number of sulfonamides is 1. The Balaban J connectivity index is 2.15. The molecule has 7 nitrogen and oxygen atoms in total. The number of aromatic nitrogens is 3. The van der Waals surface area contributed by atoms with Crippen molar-refractivity contribution in [2.75, 3.05) is 0 Å². The van der Waals surface area contributed by atoms with Crippen LogP contribution in [0.1, 0.15) is 30.2 Å². The Morgan fingerprint density at radius 1 is 1.41 bits per heavy atom. The average Bonchev–Trinajstić information content (AvgIpc) is 2.94. The molecule has 22 heavy (non-hydrogen) atoms. The topological polar surface area (TPSA) is 101 Å². The zero-order valence-corrected chi connectivity index (χ0v) is 13.3. The Morgan fingerprint density at radius 3 is 2.86 bits per heavy atom. The van der Waals surface area contributed by atoms with Gasteiger partial charge < -0.3 is 0 Å². The number of hydrogen-bond acceptors (Lipinski definition) is 5. The van der Waals surface area contributed by atoms with Gasteiger partial charge in [-0.05, 0) is 31.0 Å². The smallest absolute Gasteiger partial charge is 0.241 e. The standard InChI is InChI=1S/C14H17N5O2S/c1-3-6-19-10-13(17-18-19)9-16-22(20,21)14-7-12(8-15)5-4-11(14)2/h4-5,7,10,16H,3,6,9H2,1-2H3. The predicted octanol–water partition coefficient (Wildman–Crippen LogP) is 1.35. The van der Waals surface area contributed by atoms with Crippen LogP contribution in [0, 0.1) is 18.3 Å². The van der Waals surface area contributed by atoms with E-state index in [0.717, 1.165) is 13.0 Å². The maximum Gasteiger partial charge on any atom is 0.241 e. The molecule has 0 aliphatic rings. The first-order valence-corrected chi connectivity index (χ1v) is 8.34. The van der Waals surface area contributed by atoms with Gasteiger partial charge in [0.05, 0.1) is 28.8 Å². The van der Waals surface area contributed by atoms with Crippen molar-refractivity contribution in [3.63, 3.8) is 0 Å². The van der Waals surface area contributed by atoms with E-state index in [-0.39, 0.29) is 11.4 Å². The number of nitrogens with zero attached hydrogens (tertiary/aromatic N) is 4. The zero-order chi connectivity index (χ0) is 16.2. The van der Waals surface area contributed by atoms with Crippen LogP contribution in [0.5, 0.6) is 0 Å². The summed E-state index contributed by atoms with van der Waals surface area (Å²) in [4.78, 5) is 0.104. The number of nitrogens with one attached hydrogen (secondary N) is 1. The van der Waals surface area contributed by atoms with Crippen molar-refractivity contribution in [1.29, 1.82) is 5.26 Å². The average molecular weight is 319 g/mol. The van der Waals surface area contributed by atoms with Crippen molar-refractivity contribution < 1.29 is 8.42 Å². The van der Waals surface area contributed by atoms with Gasteiger partial charge in [0.15, 0.2) is 0 Å². The van der Waals surface area contributed by atoms with Crippen LogP contribution in [0.15, 0.2) is 29.3 Å². The van der Waals surface area contributed by atoms with Gasteiger partial charge in [-0.1, -0.05) is 18.2 Å². The minimum absolute atomic E-state index is 0.0578. The van der Waals surface area contributed by atoms with Gasteiger partial charge in [-0.3, -0.25) is 4.68 Å². The first-order valence-electron chi connectivity index (χ1n) is 6.85. The monoisotopic (exact) mass is 319 g/mol. The highest BCUT2D eigenvalue weighted by molar-refractivity contribution is 7.89. The Kier molecular flexibility index (Phi) is 4.90. The molecule has 8 heteroatoms. The third-order valence-corrected chi connectivity index (χ3v) is 4.63. The Morgan fingerprint density at radius 2 is 2.18 bits per heavy atom. The molecule has 0 aliphatic carbocycles. The lowest BCUT2D eigenvalue weighted by Gasteiger charge is -2.08. The van der Waals surface area contributed by atoms with Gasteiger partial charge in [0.1, 0.15) is 0 Å². The van der Waals surface area contributed by atoms with Crippen molar-refractivity contribution in [1.82, 2.24) is 19.7 Å². The van der Waals surface area contributed by atoms with E-state index >= 15 is 0 Å². The number of nitriles is 1. The Bertz CT molecular complexity index is 805. The van der Waals surface area contributed by atoms with E-state index in [2.05, 4.69) is 15.0 Å². The number of benzene rings is 1. The molecule has 2 aromatic rings. The third-order valence-electron chi connectivity index (χ3n) is 3.09. The first-order chi connectivity index (χ1) is 10.5. The molecule has 1 aromatic heterocycles. The molecule has 0 bridgehead atoms. The van der Waals surface area contributed by atoms with E-state index in [1.54, 1.807) is 29.9 Å². The lowest BCUT2D eigenvalue weighted by Crippen LogP contribution is -2.24. The van der Waals surface area contributed by atoms with Crippen LogP contribution in [0.4, 0.5) is 0 Å². The lowest BCUT2D eigenvalue weighted by molar-refractivity contribution is 0.578. The summed E-state index contributed by atoms with van der Waals surface area (Å²) in [6.45, 7) is 4.51. The fourth-order valence-electron chi connectivity index (χ4n) is 1.96. The van der Waals surface area contributed by atoms with E-state index in [4.69, 9.17) is 5.26 Å². The van der Waals surface area contributed by atoms with Gasteiger partial charge in [-0.2, -0.15) is 5.26 Å². The quantitative estimate of drug-likeness (QED) is 0.866. The van der Waals surface area contributed by atoms with Crippen molar-refractivity contribution >= 4 is 10.0 Å². The van der Waals surface area contributed by atoms with Gasteiger partial charge in [-0.15, -0.1) is 5.10 Å². The highest BCUT2D eigenvalue weighted by atomic mass is 32.2. The molecule has 116 valence electrons. The van der Waals surface area contributed by atoms with E-state index in [1.807, 2.05) is 13.0 Å². The number of hydrogen-bond donors (Lipinski definition) is 1. The highest BCUT2D eigenvalue weighted by Crippen LogP contribution is 2.16. The maximum atomic E-state index is 12.4. The minimum Gasteiger partial charge on any atom is -0.252 e. The molecule has 0 spiro atoms. The van der Waals surface area contributed by atoms with Crippen LogP contribution < -0.4 is 4.72 Å². The van der Waals surface area contributed by atoms with E-state index < -0.39 is 10.0 Å². The largest absolute Gasteiger partial charge is 0.252 e. The molecule has 1 aromatic carbocycles. The second kappa shape index (κ2) is 6.68. The van der Waals surface area contributed by atoms with Gasteiger partial charge in [0, 0.05) is 12.7 Å². The van der Waals surface area contributed by atoms with Crippen molar-refractivity contribution in [2.24, 2.45) is 0 Å². The normalized spacial score (nSPS) is 11.3.